The van der Waals surface area contributed by atoms with E-state index in [1.54, 1.807) is 6.92 Å². The second kappa shape index (κ2) is 3.45. The van der Waals surface area contributed by atoms with Crippen molar-refractivity contribution in [2.75, 3.05) is 4.90 Å². The molecule has 0 bridgehead atoms. The lowest BCUT2D eigenvalue weighted by molar-refractivity contribution is -0.117. The molecule has 0 aliphatic carbocycles. The summed E-state index contributed by atoms with van der Waals surface area (Å²) >= 11 is 0. The Balaban J connectivity index is 2.46. The minimum Gasteiger partial charge on any atom is -0.310 e. The molecule has 0 radical (unpaired) electrons. The van der Waals surface area contributed by atoms with Gasteiger partial charge >= 0.3 is 0 Å². The van der Waals surface area contributed by atoms with Crippen molar-refractivity contribution in [1.82, 2.24) is 0 Å². The van der Waals surface area contributed by atoms with Gasteiger partial charge in [0.2, 0.25) is 5.91 Å². The normalized spacial score (nSPS) is 20.4. The van der Waals surface area contributed by atoms with Crippen molar-refractivity contribution in [3.05, 3.63) is 29.8 Å². The van der Waals surface area contributed by atoms with Gasteiger partial charge in [0, 0.05) is 18.7 Å². The molecular formula is C12H15NO. The van der Waals surface area contributed by atoms with Gasteiger partial charge in [-0.15, -0.1) is 0 Å². The van der Waals surface area contributed by atoms with E-state index < -0.39 is 0 Å². The second-order valence-electron chi connectivity index (χ2n) is 3.91. The zero-order valence-corrected chi connectivity index (χ0v) is 8.66. The average Bonchev–Trinajstić information content (AvgIpc) is 2.17. The number of hydrogen-bond donors (Lipinski definition) is 0. The molecule has 0 N–H and O–H groups in total. The van der Waals surface area contributed by atoms with Crippen molar-refractivity contribution in [1.29, 1.82) is 0 Å². The van der Waals surface area contributed by atoms with Crippen LogP contribution in [0.15, 0.2) is 24.3 Å². The Bertz CT molecular complexity index is 359. The van der Waals surface area contributed by atoms with Gasteiger partial charge in [-0.3, -0.25) is 4.79 Å². The number of carbonyl (C=O) groups excluding carboxylic acids is 1. The van der Waals surface area contributed by atoms with E-state index in [0.29, 0.717) is 6.04 Å². The summed E-state index contributed by atoms with van der Waals surface area (Å²) in [6, 6.07) is 8.51. The number of carbonyl (C=O) groups is 1. The first-order chi connectivity index (χ1) is 6.70. The fourth-order valence-electron chi connectivity index (χ4n) is 2.17. The molecule has 2 nitrogen and oxygen atoms in total. The predicted octanol–water partition coefficient (Wildman–Crippen LogP) is 2.37. The Labute approximate surface area is 84.5 Å². The molecule has 1 aliphatic rings. The zero-order chi connectivity index (χ0) is 10.1. The highest BCUT2D eigenvalue weighted by Crippen LogP contribution is 2.30. The molecule has 1 atom stereocenters. The van der Waals surface area contributed by atoms with Gasteiger partial charge in [-0.05, 0) is 31.4 Å². The maximum atomic E-state index is 11.5. The van der Waals surface area contributed by atoms with Crippen molar-refractivity contribution in [3.8, 4) is 0 Å². The molecule has 2 rings (SSSR count). The van der Waals surface area contributed by atoms with Crippen LogP contribution in [0.25, 0.3) is 0 Å². The summed E-state index contributed by atoms with van der Waals surface area (Å²) in [5.74, 6) is 0.143. The van der Waals surface area contributed by atoms with Gasteiger partial charge in [0.05, 0.1) is 0 Å². The lowest BCUT2D eigenvalue weighted by Gasteiger charge is -2.34. The van der Waals surface area contributed by atoms with Crippen molar-refractivity contribution in [3.63, 3.8) is 0 Å². The van der Waals surface area contributed by atoms with Crippen LogP contribution in [0.4, 0.5) is 5.69 Å². The summed E-state index contributed by atoms with van der Waals surface area (Å²) in [6.45, 7) is 3.75. The van der Waals surface area contributed by atoms with Gasteiger partial charge in [0.1, 0.15) is 0 Å². The van der Waals surface area contributed by atoms with Gasteiger partial charge in [0.25, 0.3) is 0 Å². The van der Waals surface area contributed by atoms with Crippen molar-refractivity contribution < 1.29 is 4.79 Å². The van der Waals surface area contributed by atoms with E-state index in [1.165, 1.54) is 5.56 Å². The van der Waals surface area contributed by atoms with E-state index in [1.807, 2.05) is 23.1 Å². The van der Waals surface area contributed by atoms with Crippen LogP contribution in [0.1, 0.15) is 25.8 Å². The number of rotatable bonds is 0. The Kier molecular flexibility index (Phi) is 2.28. The summed E-state index contributed by atoms with van der Waals surface area (Å²) in [5.41, 5.74) is 2.39. The van der Waals surface area contributed by atoms with E-state index in [0.717, 1.165) is 18.5 Å². The van der Waals surface area contributed by atoms with E-state index >= 15 is 0 Å². The van der Waals surface area contributed by atoms with Crippen molar-refractivity contribution in [2.24, 2.45) is 0 Å². The minimum atomic E-state index is 0.143. The van der Waals surface area contributed by atoms with Crippen LogP contribution in [0, 0.1) is 0 Å². The predicted molar refractivity (Wildman–Crippen MR) is 57.4 cm³/mol. The SMILES string of the molecule is CC(=O)N1c2ccccc2CC[C@@H]1C. The van der Waals surface area contributed by atoms with Crippen LogP contribution in [-0.2, 0) is 11.2 Å². The van der Waals surface area contributed by atoms with E-state index in [9.17, 15) is 4.79 Å². The highest BCUT2D eigenvalue weighted by Gasteiger charge is 2.25. The lowest BCUT2D eigenvalue weighted by atomic mass is 9.97. The molecule has 1 aromatic rings. The van der Waals surface area contributed by atoms with Crippen LogP contribution in [-0.4, -0.2) is 11.9 Å². The quantitative estimate of drug-likeness (QED) is 0.613. The first kappa shape index (κ1) is 9.25. The largest absolute Gasteiger partial charge is 0.310 e. The summed E-state index contributed by atoms with van der Waals surface area (Å²) in [5, 5.41) is 0. The third kappa shape index (κ3) is 1.41. The summed E-state index contributed by atoms with van der Waals surface area (Å²) in [7, 11) is 0. The second-order valence-corrected chi connectivity index (χ2v) is 3.91. The molecule has 1 amide bonds. The Morgan fingerprint density at radius 2 is 2.14 bits per heavy atom. The molecule has 0 saturated carbocycles. The number of fused-ring (bicyclic) bond motifs is 1. The molecule has 0 aromatic heterocycles. The molecule has 74 valence electrons. The third-order valence-corrected chi connectivity index (χ3v) is 2.86. The van der Waals surface area contributed by atoms with Crippen LogP contribution in [0.2, 0.25) is 0 Å². The minimum absolute atomic E-state index is 0.143. The maximum absolute atomic E-state index is 11.5. The Morgan fingerprint density at radius 1 is 1.43 bits per heavy atom. The van der Waals surface area contributed by atoms with Gasteiger partial charge in [-0.1, -0.05) is 18.2 Å². The van der Waals surface area contributed by atoms with E-state index in [2.05, 4.69) is 13.0 Å². The average molecular weight is 189 g/mol. The number of anilines is 1. The monoisotopic (exact) mass is 189 g/mol. The topological polar surface area (TPSA) is 20.3 Å². The Morgan fingerprint density at radius 3 is 2.86 bits per heavy atom. The first-order valence-electron chi connectivity index (χ1n) is 5.08. The van der Waals surface area contributed by atoms with Gasteiger partial charge in [-0.2, -0.15) is 0 Å². The molecule has 0 spiro atoms. The van der Waals surface area contributed by atoms with Gasteiger partial charge in [0.15, 0.2) is 0 Å². The highest BCUT2D eigenvalue weighted by atomic mass is 16.2. The smallest absolute Gasteiger partial charge is 0.224 e. The maximum Gasteiger partial charge on any atom is 0.224 e. The Hall–Kier alpha value is -1.31. The van der Waals surface area contributed by atoms with Crippen LogP contribution in [0.3, 0.4) is 0 Å². The van der Waals surface area contributed by atoms with Crippen molar-refractivity contribution >= 4 is 11.6 Å². The summed E-state index contributed by atoms with van der Waals surface area (Å²) < 4.78 is 0. The number of amides is 1. The molecule has 0 saturated heterocycles. The summed E-state index contributed by atoms with van der Waals surface area (Å²) in [4.78, 5) is 13.4. The molecule has 1 heterocycles. The molecule has 0 unspecified atom stereocenters. The van der Waals surface area contributed by atoms with Crippen LogP contribution >= 0.6 is 0 Å². The van der Waals surface area contributed by atoms with Crippen molar-refractivity contribution in [2.45, 2.75) is 32.7 Å². The molecule has 2 heteroatoms. The molecule has 0 fully saturated rings. The number of hydrogen-bond acceptors (Lipinski definition) is 1. The highest BCUT2D eigenvalue weighted by molar-refractivity contribution is 5.93. The lowest BCUT2D eigenvalue weighted by Crippen LogP contribution is -2.40. The van der Waals surface area contributed by atoms with Gasteiger partial charge in [-0.25, -0.2) is 0 Å². The molecule has 1 aliphatic heterocycles. The van der Waals surface area contributed by atoms with E-state index in [-0.39, 0.29) is 5.91 Å². The standard InChI is InChI=1S/C12H15NO/c1-9-7-8-11-5-3-4-6-12(11)13(9)10(2)14/h3-6,9H,7-8H2,1-2H3/t9-/m0/s1. The van der Waals surface area contributed by atoms with Crippen LogP contribution < -0.4 is 4.90 Å². The van der Waals surface area contributed by atoms with Gasteiger partial charge < -0.3 is 4.90 Å². The number of aryl methyl sites for hydroxylation is 1. The zero-order valence-electron chi connectivity index (χ0n) is 8.66. The third-order valence-electron chi connectivity index (χ3n) is 2.86. The molecule has 1 aromatic carbocycles. The summed E-state index contributed by atoms with van der Waals surface area (Å²) in [6.07, 6.45) is 2.15. The van der Waals surface area contributed by atoms with Crippen LogP contribution in [0.5, 0.6) is 0 Å². The first-order valence-corrected chi connectivity index (χ1v) is 5.08. The number of nitrogens with zero attached hydrogens (tertiary/aromatic N) is 1. The fourth-order valence-corrected chi connectivity index (χ4v) is 2.17. The molecular weight excluding hydrogens is 174 g/mol. The van der Waals surface area contributed by atoms with E-state index in [4.69, 9.17) is 0 Å². The fraction of sp³-hybridized carbons (Fsp3) is 0.417. The number of benzene rings is 1. The number of para-hydroxylation sites is 1. The molecule has 14 heavy (non-hydrogen) atoms.